The maximum absolute atomic E-state index is 14.5. The molecular formula is C27H27F5. The van der Waals surface area contributed by atoms with E-state index in [4.69, 9.17) is 0 Å². The van der Waals surface area contributed by atoms with Gasteiger partial charge in [-0.2, -0.15) is 13.2 Å². The van der Waals surface area contributed by atoms with E-state index in [1.54, 1.807) is 0 Å². The van der Waals surface area contributed by atoms with Gasteiger partial charge in [-0.25, -0.2) is 8.78 Å². The summed E-state index contributed by atoms with van der Waals surface area (Å²) in [6, 6.07) is 13.8. The minimum atomic E-state index is -5.06. The number of rotatable bonds is 6. The first kappa shape index (κ1) is 22.8. The minimum Gasteiger partial charge on any atom is -0.206 e. The van der Waals surface area contributed by atoms with Crippen molar-refractivity contribution in [3.8, 4) is 0 Å². The lowest BCUT2D eigenvalue weighted by molar-refractivity contribution is -0.142. The standard InChI is InChI=1S/C27H27F5/c1-2-3-4-5-9-18-12-13-21-20-10-7-6-8-17(20)11-14-22(21)25(18)19-15-23(28)26(24(29)16-19)27(30,31)32/h6-8,10-11,14-16,18,25H,2-5,9,12-13H2,1H3/t18-,25-/m1/s1. The van der Waals surface area contributed by atoms with Crippen LogP contribution in [0.25, 0.3) is 10.8 Å². The van der Waals surface area contributed by atoms with Crippen molar-refractivity contribution < 1.29 is 22.0 Å². The van der Waals surface area contributed by atoms with Gasteiger partial charge in [0.1, 0.15) is 17.2 Å². The van der Waals surface area contributed by atoms with Gasteiger partial charge in [0.05, 0.1) is 0 Å². The second-order valence-electron chi connectivity index (χ2n) is 8.84. The van der Waals surface area contributed by atoms with Crippen LogP contribution in [-0.2, 0) is 12.6 Å². The van der Waals surface area contributed by atoms with Crippen molar-refractivity contribution in [1.82, 2.24) is 0 Å². The lowest BCUT2D eigenvalue weighted by Gasteiger charge is -2.35. The van der Waals surface area contributed by atoms with Gasteiger partial charge in [0.25, 0.3) is 0 Å². The van der Waals surface area contributed by atoms with E-state index in [1.807, 2.05) is 36.4 Å². The van der Waals surface area contributed by atoms with Crippen molar-refractivity contribution in [2.75, 3.05) is 0 Å². The molecule has 0 aliphatic heterocycles. The summed E-state index contributed by atoms with van der Waals surface area (Å²) in [5.74, 6) is -3.26. The molecule has 4 rings (SSSR count). The Morgan fingerprint density at radius 3 is 2.31 bits per heavy atom. The number of alkyl halides is 3. The molecule has 0 saturated carbocycles. The first-order chi connectivity index (χ1) is 15.3. The van der Waals surface area contributed by atoms with Crippen molar-refractivity contribution in [3.05, 3.63) is 82.4 Å². The van der Waals surface area contributed by atoms with Gasteiger partial charge in [-0.15, -0.1) is 0 Å². The van der Waals surface area contributed by atoms with E-state index in [-0.39, 0.29) is 11.8 Å². The Labute approximate surface area is 185 Å². The smallest absolute Gasteiger partial charge is 0.206 e. The van der Waals surface area contributed by atoms with Crippen LogP contribution >= 0.6 is 0 Å². The van der Waals surface area contributed by atoms with Gasteiger partial charge in [0.15, 0.2) is 0 Å². The molecule has 0 fully saturated rings. The molecule has 0 N–H and O–H groups in total. The quantitative estimate of drug-likeness (QED) is 0.262. The number of halogens is 5. The third-order valence-corrected chi connectivity index (χ3v) is 6.78. The second kappa shape index (κ2) is 9.21. The minimum absolute atomic E-state index is 0.135. The first-order valence-corrected chi connectivity index (χ1v) is 11.4. The normalized spacial score (nSPS) is 18.7. The summed E-state index contributed by atoms with van der Waals surface area (Å²) < 4.78 is 68.4. The Bertz CT molecular complexity index is 1080. The molecule has 3 aromatic carbocycles. The summed E-state index contributed by atoms with van der Waals surface area (Å²) in [4.78, 5) is 0. The molecule has 0 radical (unpaired) electrons. The van der Waals surface area contributed by atoms with E-state index < -0.39 is 23.4 Å². The molecule has 2 atom stereocenters. The first-order valence-electron chi connectivity index (χ1n) is 11.4. The lowest BCUT2D eigenvalue weighted by atomic mass is 9.69. The van der Waals surface area contributed by atoms with Gasteiger partial charge in [0, 0.05) is 5.92 Å². The summed E-state index contributed by atoms with van der Waals surface area (Å²) in [6.45, 7) is 2.14. The zero-order chi connectivity index (χ0) is 22.9. The maximum atomic E-state index is 14.5. The van der Waals surface area contributed by atoms with Crippen molar-refractivity contribution >= 4 is 10.8 Å². The molecule has 0 unspecified atom stereocenters. The molecule has 0 amide bonds. The van der Waals surface area contributed by atoms with E-state index in [0.717, 1.165) is 79.0 Å². The monoisotopic (exact) mass is 446 g/mol. The number of aryl methyl sites for hydroxylation is 1. The van der Waals surface area contributed by atoms with Crippen molar-refractivity contribution in [2.45, 2.75) is 64.0 Å². The van der Waals surface area contributed by atoms with Crippen LogP contribution in [0.15, 0.2) is 48.5 Å². The molecule has 3 aromatic rings. The predicted octanol–water partition coefficient (Wildman–Crippen LogP) is 8.80. The van der Waals surface area contributed by atoms with Crippen molar-refractivity contribution in [3.63, 3.8) is 0 Å². The van der Waals surface area contributed by atoms with Crippen LogP contribution in [0.1, 0.15) is 73.6 Å². The Morgan fingerprint density at radius 2 is 1.62 bits per heavy atom. The Morgan fingerprint density at radius 1 is 0.906 bits per heavy atom. The lowest BCUT2D eigenvalue weighted by Crippen LogP contribution is -2.23. The van der Waals surface area contributed by atoms with Crippen LogP contribution in [0.3, 0.4) is 0 Å². The number of benzene rings is 3. The van der Waals surface area contributed by atoms with Gasteiger partial charge in [-0.3, -0.25) is 0 Å². The van der Waals surface area contributed by atoms with Gasteiger partial charge in [-0.05, 0) is 64.8 Å². The van der Waals surface area contributed by atoms with Crippen LogP contribution in [-0.4, -0.2) is 0 Å². The highest BCUT2D eigenvalue weighted by Crippen LogP contribution is 2.46. The zero-order valence-electron chi connectivity index (χ0n) is 18.1. The SMILES string of the molecule is CCCCCC[C@@H]1CCc2c(ccc3ccccc23)[C@H]1c1cc(F)c(C(F)(F)F)c(F)c1. The van der Waals surface area contributed by atoms with Crippen LogP contribution in [0.4, 0.5) is 22.0 Å². The third kappa shape index (κ3) is 4.39. The highest BCUT2D eigenvalue weighted by Gasteiger charge is 2.39. The molecule has 1 aliphatic carbocycles. The van der Waals surface area contributed by atoms with Gasteiger partial charge in [-0.1, -0.05) is 69.0 Å². The molecule has 0 nitrogen and oxygen atoms in total. The van der Waals surface area contributed by atoms with Gasteiger partial charge >= 0.3 is 6.18 Å². The highest BCUT2D eigenvalue weighted by atomic mass is 19.4. The maximum Gasteiger partial charge on any atom is 0.422 e. The van der Waals surface area contributed by atoms with Crippen LogP contribution < -0.4 is 0 Å². The van der Waals surface area contributed by atoms with Crippen LogP contribution in [0, 0.1) is 17.6 Å². The molecule has 32 heavy (non-hydrogen) atoms. The second-order valence-corrected chi connectivity index (χ2v) is 8.84. The Hall–Kier alpha value is -2.43. The predicted molar refractivity (Wildman–Crippen MR) is 118 cm³/mol. The molecule has 5 heteroatoms. The van der Waals surface area contributed by atoms with E-state index in [2.05, 4.69) is 6.92 Å². The third-order valence-electron chi connectivity index (χ3n) is 6.78. The van der Waals surface area contributed by atoms with Gasteiger partial charge < -0.3 is 0 Å². The molecule has 1 aliphatic rings. The van der Waals surface area contributed by atoms with Crippen LogP contribution in [0.2, 0.25) is 0 Å². The summed E-state index contributed by atoms with van der Waals surface area (Å²) in [6.07, 6.45) is 1.86. The summed E-state index contributed by atoms with van der Waals surface area (Å²) >= 11 is 0. The molecule has 0 heterocycles. The summed E-state index contributed by atoms with van der Waals surface area (Å²) in [5, 5.41) is 2.20. The zero-order valence-corrected chi connectivity index (χ0v) is 18.1. The van der Waals surface area contributed by atoms with E-state index in [1.165, 1.54) is 0 Å². The van der Waals surface area contributed by atoms with Crippen molar-refractivity contribution in [1.29, 1.82) is 0 Å². The number of unbranched alkanes of at least 4 members (excludes halogenated alkanes) is 3. The average Bonchev–Trinajstić information content (AvgIpc) is 2.74. The fourth-order valence-corrected chi connectivity index (χ4v) is 5.31. The average molecular weight is 447 g/mol. The fraction of sp³-hybridized carbons (Fsp3) is 0.407. The number of hydrogen-bond acceptors (Lipinski definition) is 0. The molecular weight excluding hydrogens is 419 g/mol. The largest absolute Gasteiger partial charge is 0.422 e. The van der Waals surface area contributed by atoms with Crippen molar-refractivity contribution in [2.24, 2.45) is 5.92 Å². The molecule has 0 spiro atoms. The summed E-state index contributed by atoms with van der Waals surface area (Å²) in [7, 11) is 0. The molecule has 0 aromatic heterocycles. The fourth-order valence-electron chi connectivity index (χ4n) is 5.31. The van der Waals surface area contributed by atoms with E-state index >= 15 is 0 Å². The molecule has 170 valence electrons. The number of fused-ring (bicyclic) bond motifs is 3. The number of hydrogen-bond donors (Lipinski definition) is 0. The van der Waals surface area contributed by atoms with E-state index in [0.29, 0.717) is 5.56 Å². The van der Waals surface area contributed by atoms with Crippen LogP contribution in [0.5, 0.6) is 0 Å². The Balaban J connectivity index is 1.81. The topological polar surface area (TPSA) is 0 Å². The van der Waals surface area contributed by atoms with E-state index in [9.17, 15) is 22.0 Å². The summed E-state index contributed by atoms with van der Waals surface area (Å²) in [5.41, 5.74) is 0.604. The Kier molecular flexibility index (Phi) is 6.55. The molecule has 0 bridgehead atoms. The highest BCUT2D eigenvalue weighted by molar-refractivity contribution is 5.87. The van der Waals surface area contributed by atoms with Gasteiger partial charge in [0.2, 0.25) is 0 Å². The molecule has 0 saturated heterocycles.